The van der Waals surface area contributed by atoms with E-state index in [0.717, 1.165) is 11.3 Å². The molecule has 0 nitrogen and oxygen atoms in total. The number of allylic oxidation sites excluding steroid dienone is 4. The van der Waals surface area contributed by atoms with E-state index in [9.17, 15) is 0 Å². The normalized spacial score (nSPS) is 26.3. The number of hydrogen-bond acceptors (Lipinski definition) is 1. The fraction of sp³-hybridized carbons (Fsp3) is 0.375. The summed E-state index contributed by atoms with van der Waals surface area (Å²) in [5.74, 6) is 0.654. The molecule has 0 spiro atoms. The van der Waals surface area contributed by atoms with Crippen molar-refractivity contribution in [2.75, 3.05) is 0 Å². The second-order valence-corrected chi connectivity index (χ2v) is 2.85. The van der Waals surface area contributed by atoms with Crippen molar-refractivity contribution in [3.8, 4) is 0 Å². The van der Waals surface area contributed by atoms with Gasteiger partial charge in [0.15, 0.2) is 0 Å². The highest BCUT2D eigenvalue weighted by Gasteiger charge is 1.96. The number of hydrogen-bond donors (Lipinski definition) is 0. The summed E-state index contributed by atoms with van der Waals surface area (Å²) >= 11 is 4.97. The summed E-state index contributed by atoms with van der Waals surface area (Å²) in [6.07, 6.45) is 9.41. The zero-order chi connectivity index (χ0) is 6.69. The molecule has 1 rings (SSSR count). The Balaban J connectivity index is 2.69. The number of thiocarbonyl (C=S) groups is 1. The molecule has 1 aliphatic rings. The monoisotopic (exact) mass is 138 g/mol. The van der Waals surface area contributed by atoms with Crippen LogP contribution >= 0.6 is 12.2 Å². The van der Waals surface area contributed by atoms with E-state index in [0.29, 0.717) is 5.92 Å². The lowest BCUT2D eigenvalue weighted by atomic mass is 10.1. The molecular weight excluding hydrogens is 128 g/mol. The van der Waals surface area contributed by atoms with E-state index in [-0.39, 0.29) is 0 Å². The molecular formula is C8H10S. The standard InChI is InChI=1S/C8H10S/c1-7-3-2-4-8(9)6-5-7/h2,4-7H,3H2,1H3. The predicted octanol–water partition coefficient (Wildman–Crippen LogP) is 2.51. The van der Waals surface area contributed by atoms with Crippen LogP contribution in [0.25, 0.3) is 0 Å². The van der Waals surface area contributed by atoms with Crippen molar-refractivity contribution < 1.29 is 0 Å². The molecule has 0 aromatic heterocycles. The van der Waals surface area contributed by atoms with Crippen molar-refractivity contribution in [1.29, 1.82) is 0 Å². The Morgan fingerprint density at radius 3 is 3.11 bits per heavy atom. The summed E-state index contributed by atoms with van der Waals surface area (Å²) < 4.78 is 0. The quantitative estimate of drug-likeness (QED) is 0.463. The van der Waals surface area contributed by atoms with Crippen molar-refractivity contribution in [2.45, 2.75) is 13.3 Å². The van der Waals surface area contributed by atoms with E-state index in [4.69, 9.17) is 12.2 Å². The summed E-state index contributed by atoms with van der Waals surface area (Å²) in [5, 5.41) is 0. The lowest BCUT2D eigenvalue weighted by Gasteiger charge is -1.95. The molecule has 0 fully saturated rings. The lowest BCUT2D eigenvalue weighted by Crippen LogP contribution is -1.83. The van der Waals surface area contributed by atoms with E-state index in [1.54, 1.807) is 0 Å². The average molecular weight is 138 g/mol. The molecule has 1 unspecified atom stereocenters. The molecule has 0 amide bonds. The van der Waals surface area contributed by atoms with Crippen LogP contribution in [0.5, 0.6) is 0 Å². The summed E-state index contributed by atoms with van der Waals surface area (Å²) in [4.78, 5) is 0.944. The van der Waals surface area contributed by atoms with Gasteiger partial charge in [-0.25, -0.2) is 0 Å². The third-order valence-corrected chi connectivity index (χ3v) is 1.65. The van der Waals surface area contributed by atoms with Gasteiger partial charge in [-0.2, -0.15) is 0 Å². The molecule has 1 heteroatoms. The van der Waals surface area contributed by atoms with Crippen molar-refractivity contribution in [1.82, 2.24) is 0 Å². The van der Waals surface area contributed by atoms with Crippen molar-refractivity contribution >= 4 is 17.1 Å². The molecule has 1 atom stereocenters. The maximum atomic E-state index is 4.97. The van der Waals surface area contributed by atoms with Gasteiger partial charge in [-0.1, -0.05) is 31.3 Å². The fourth-order valence-corrected chi connectivity index (χ4v) is 0.967. The first-order chi connectivity index (χ1) is 4.29. The molecule has 0 bridgehead atoms. The van der Waals surface area contributed by atoms with Crippen LogP contribution < -0.4 is 0 Å². The molecule has 0 saturated carbocycles. The Morgan fingerprint density at radius 1 is 1.56 bits per heavy atom. The molecule has 48 valence electrons. The molecule has 0 aromatic carbocycles. The smallest absolute Gasteiger partial charge is 0.0370 e. The second-order valence-electron chi connectivity index (χ2n) is 2.38. The SMILES string of the molecule is CC1C=CC(=S)C=CC1. The zero-order valence-corrected chi connectivity index (χ0v) is 6.32. The van der Waals surface area contributed by atoms with Crippen LogP contribution in [0.1, 0.15) is 13.3 Å². The van der Waals surface area contributed by atoms with Gasteiger partial charge in [-0.3, -0.25) is 0 Å². The lowest BCUT2D eigenvalue weighted by molar-refractivity contribution is 0.748. The van der Waals surface area contributed by atoms with Gasteiger partial charge in [0.05, 0.1) is 0 Å². The van der Waals surface area contributed by atoms with E-state index >= 15 is 0 Å². The molecule has 0 saturated heterocycles. The van der Waals surface area contributed by atoms with Crippen LogP contribution in [0.4, 0.5) is 0 Å². The van der Waals surface area contributed by atoms with Gasteiger partial charge in [0.25, 0.3) is 0 Å². The van der Waals surface area contributed by atoms with Gasteiger partial charge in [-0.15, -0.1) is 0 Å². The second kappa shape index (κ2) is 2.92. The predicted molar refractivity (Wildman–Crippen MR) is 44.7 cm³/mol. The van der Waals surface area contributed by atoms with Crippen molar-refractivity contribution in [2.24, 2.45) is 5.92 Å². The molecule has 0 aromatic rings. The summed E-state index contributed by atoms with van der Waals surface area (Å²) in [5.41, 5.74) is 0. The highest BCUT2D eigenvalue weighted by atomic mass is 32.1. The summed E-state index contributed by atoms with van der Waals surface area (Å²) in [6, 6.07) is 0. The fourth-order valence-electron chi connectivity index (χ4n) is 0.792. The highest BCUT2D eigenvalue weighted by molar-refractivity contribution is 7.81. The minimum absolute atomic E-state index is 0.654. The van der Waals surface area contributed by atoms with E-state index in [1.165, 1.54) is 0 Å². The Morgan fingerprint density at radius 2 is 2.33 bits per heavy atom. The van der Waals surface area contributed by atoms with E-state index < -0.39 is 0 Å². The Hall–Kier alpha value is -0.430. The van der Waals surface area contributed by atoms with Gasteiger partial charge in [-0.05, 0) is 24.5 Å². The van der Waals surface area contributed by atoms with Crippen molar-refractivity contribution in [3.63, 3.8) is 0 Å². The van der Waals surface area contributed by atoms with Gasteiger partial charge >= 0.3 is 0 Å². The molecule has 0 N–H and O–H groups in total. The minimum atomic E-state index is 0.654. The number of rotatable bonds is 0. The Bertz CT molecular complexity index is 165. The first-order valence-electron chi connectivity index (χ1n) is 3.18. The maximum absolute atomic E-state index is 4.97. The van der Waals surface area contributed by atoms with Crippen LogP contribution in [-0.2, 0) is 0 Å². The first-order valence-corrected chi connectivity index (χ1v) is 3.58. The Kier molecular flexibility index (Phi) is 2.17. The first kappa shape index (κ1) is 6.69. The minimum Gasteiger partial charge on any atom is -0.0825 e. The average Bonchev–Trinajstić information content (AvgIpc) is 1.97. The van der Waals surface area contributed by atoms with Crippen LogP contribution in [0.3, 0.4) is 0 Å². The van der Waals surface area contributed by atoms with E-state index in [1.807, 2.05) is 12.2 Å². The van der Waals surface area contributed by atoms with Crippen molar-refractivity contribution in [3.05, 3.63) is 24.3 Å². The van der Waals surface area contributed by atoms with Crippen LogP contribution in [0.15, 0.2) is 24.3 Å². The molecule has 0 aliphatic heterocycles. The summed E-state index contributed by atoms with van der Waals surface area (Å²) in [7, 11) is 0. The largest absolute Gasteiger partial charge is 0.0825 e. The molecule has 9 heavy (non-hydrogen) atoms. The van der Waals surface area contributed by atoms with Gasteiger partial charge in [0.2, 0.25) is 0 Å². The Labute approximate surface area is 61.3 Å². The molecule has 1 aliphatic carbocycles. The highest BCUT2D eigenvalue weighted by Crippen LogP contribution is 2.08. The maximum Gasteiger partial charge on any atom is 0.0370 e. The third kappa shape index (κ3) is 2.10. The zero-order valence-electron chi connectivity index (χ0n) is 5.50. The topological polar surface area (TPSA) is 0 Å². The molecule has 0 radical (unpaired) electrons. The van der Waals surface area contributed by atoms with Crippen LogP contribution in [0, 0.1) is 5.92 Å². The van der Waals surface area contributed by atoms with Gasteiger partial charge in [0.1, 0.15) is 0 Å². The van der Waals surface area contributed by atoms with Gasteiger partial charge < -0.3 is 0 Å². The molecule has 0 heterocycles. The van der Waals surface area contributed by atoms with Gasteiger partial charge in [0, 0.05) is 4.86 Å². The summed E-state index contributed by atoms with van der Waals surface area (Å²) in [6.45, 7) is 2.19. The third-order valence-electron chi connectivity index (χ3n) is 1.38. The van der Waals surface area contributed by atoms with E-state index in [2.05, 4.69) is 19.1 Å². The van der Waals surface area contributed by atoms with Crippen LogP contribution in [-0.4, -0.2) is 4.86 Å². The van der Waals surface area contributed by atoms with Crippen LogP contribution in [0.2, 0.25) is 0 Å².